The van der Waals surface area contributed by atoms with Crippen LogP contribution in [0, 0.1) is 19.7 Å². The summed E-state index contributed by atoms with van der Waals surface area (Å²) >= 11 is 2.69. The van der Waals surface area contributed by atoms with Gasteiger partial charge in [-0.1, -0.05) is 29.2 Å². The van der Waals surface area contributed by atoms with Gasteiger partial charge in [0.15, 0.2) is 4.34 Å². The van der Waals surface area contributed by atoms with Gasteiger partial charge in [-0.3, -0.25) is 4.79 Å². The molecule has 134 valence electrons. The standard InChI is InChI=1S/C18H17FN4OS2/c1-11-3-6-15(9-12(11)2)21-17-22-23-18(26-17)25-10-16(24)20-14-7-4-13(19)5-8-14/h3-9H,10H2,1-2H3,(H,20,24)(H,21,22). The van der Waals surface area contributed by atoms with Crippen molar-refractivity contribution in [3.05, 3.63) is 59.4 Å². The zero-order chi connectivity index (χ0) is 18.5. The first-order valence-electron chi connectivity index (χ1n) is 7.85. The lowest BCUT2D eigenvalue weighted by atomic mass is 10.1. The van der Waals surface area contributed by atoms with Crippen LogP contribution in [-0.2, 0) is 4.79 Å². The van der Waals surface area contributed by atoms with Crippen LogP contribution in [0.4, 0.5) is 20.9 Å². The second-order valence-corrected chi connectivity index (χ2v) is 7.84. The van der Waals surface area contributed by atoms with Crippen molar-refractivity contribution < 1.29 is 9.18 Å². The molecule has 2 aromatic carbocycles. The summed E-state index contributed by atoms with van der Waals surface area (Å²) in [5.74, 6) is -0.314. The number of hydrogen-bond donors (Lipinski definition) is 2. The van der Waals surface area contributed by atoms with E-state index in [0.717, 1.165) is 5.69 Å². The molecule has 0 radical (unpaired) electrons. The number of aromatic nitrogens is 2. The third-order valence-corrected chi connectivity index (χ3v) is 5.59. The lowest BCUT2D eigenvalue weighted by Gasteiger charge is -2.05. The fraction of sp³-hybridized carbons (Fsp3) is 0.167. The van der Waals surface area contributed by atoms with Crippen LogP contribution in [0.2, 0.25) is 0 Å². The summed E-state index contributed by atoms with van der Waals surface area (Å²) in [5, 5.41) is 14.8. The van der Waals surface area contributed by atoms with Crippen molar-refractivity contribution in [3.63, 3.8) is 0 Å². The molecule has 0 saturated heterocycles. The van der Waals surface area contributed by atoms with Crippen LogP contribution in [0.3, 0.4) is 0 Å². The van der Waals surface area contributed by atoms with Crippen LogP contribution < -0.4 is 10.6 Å². The number of hydrogen-bond acceptors (Lipinski definition) is 6. The highest BCUT2D eigenvalue weighted by Gasteiger charge is 2.09. The molecule has 1 amide bonds. The Morgan fingerprint density at radius 1 is 1.08 bits per heavy atom. The van der Waals surface area contributed by atoms with Gasteiger partial charge >= 0.3 is 0 Å². The second kappa shape index (κ2) is 8.29. The molecular formula is C18H17FN4OS2. The van der Waals surface area contributed by atoms with E-state index in [4.69, 9.17) is 0 Å². The molecule has 0 unspecified atom stereocenters. The van der Waals surface area contributed by atoms with Gasteiger partial charge in [0.1, 0.15) is 5.82 Å². The van der Waals surface area contributed by atoms with Crippen molar-refractivity contribution in [3.8, 4) is 0 Å². The predicted octanol–water partition coefficient (Wildman–Crippen LogP) is 4.77. The lowest BCUT2D eigenvalue weighted by Crippen LogP contribution is -2.13. The molecule has 0 aliphatic rings. The van der Waals surface area contributed by atoms with E-state index in [9.17, 15) is 9.18 Å². The minimum absolute atomic E-state index is 0.180. The third kappa shape index (κ3) is 5.03. The Hall–Kier alpha value is -2.45. The first-order valence-corrected chi connectivity index (χ1v) is 9.66. The minimum Gasteiger partial charge on any atom is -0.330 e. The van der Waals surface area contributed by atoms with E-state index in [2.05, 4.69) is 40.7 Å². The van der Waals surface area contributed by atoms with Gasteiger partial charge in [-0.25, -0.2) is 4.39 Å². The molecular weight excluding hydrogens is 371 g/mol. The van der Waals surface area contributed by atoms with Crippen LogP contribution in [-0.4, -0.2) is 21.9 Å². The Morgan fingerprint density at radius 2 is 1.81 bits per heavy atom. The van der Waals surface area contributed by atoms with Crippen molar-refractivity contribution in [2.45, 2.75) is 18.2 Å². The molecule has 0 aliphatic carbocycles. The van der Waals surface area contributed by atoms with Crippen LogP contribution in [0.5, 0.6) is 0 Å². The minimum atomic E-state index is -0.338. The van der Waals surface area contributed by atoms with Crippen LogP contribution >= 0.6 is 23.1 Å². The zero-order valence-electron chi connectivity index (χ0n) is 14.2. The van der Waals surface area contributed by atoms with Gasteiger partial charge in [0.2, 0.25) is 11.0 Å². The number of nitrogens with one attached hydrogen (secondary N) is 2. The molecule has 1 aromatic heterocycles. The van der Waals surface area contributed by atoms with Crippen LogP contribution in [0.1, 0.15) is 11.1 Å². The topological polar surface area (TPSA) is 66.9 Å². The molecule has 3 aromatic rings. The van der Waals surface area contributed by atoms with Crippen LogP contribution in [0.15, 0.2) is 46.8 Å². The average Bonchev–Trinajstić information content (AvgIpc) is 3.06. The van der Waals surface area contributed by atoms with Crippen LogP contribution in [0.25, 0.3) is 0 Å². The monoisotopic (exact) mass is 388 g/mol. The summed E-state index contributed by atoms with van der Waals surface area (Å²) in [7, 11) is 0. The van der Waals surface area contributed by atoms with E-state index in [-0.39, 0.29) is 17.5 Å². The molecule has 2 N–H and O–H groups in total. The van der Waals surface area contributed by atoms with Crippen molar-refractivity contribution in [2.24, 2.45) is 0 Å². The number of aryl methyl sites for hydroxylation is 2. The molecule has 0 spiro atoms. The Balaban J connectivity index is 1.52. The van der Waals surface area contributed by atoms with Gasteiger partial charge < -0.3 is 10.6 Å². The molecule has 8 heteroatoms. The van der Waals surface area contributed by atoms with E-state index in [1.165, 1.54) is 58.5 Å². The number of carbonyl (C=O) groups is 1. The van der Waals surface area contributed by atoms with E-state index in [1.54, 1.807) is 0 Å². The number of benzene rings is 2. The predicted molar refractivity (Wildman–Crippen MR) is 105 cm³/mol. The maximum Gasteiger partial charge on any atom is 0.234 e. The van der Waals surface area contributed by atoms with Crippen molar-refractivity contribution in [1.29, 1.82) is 0 Å². The number of anilines is 3. The van der Waals surface area contributed by atoms with Gasteiger partial charge in [-0.05, 0) is 61.4 Å². The summed E-state index contributed by atoms with van der Waals surface area (Å²) in [6, 6.07) is 11.7. The Labute approximate surface area is 159 Å². The summed E-state index contributed by atoms with van der Waals surface area (Å²) in [5.41, 5.74) is 3.95. The Bertz CT molecular complexity index is 912. The number of nitrogens with zero attached hydrogens (tertiary/aromatic N) is 2. The third-order valence-electron chi connectivity index (χ3n) is 3.62. The Morgan fingerprint density at radius 3 is 2.54 bits per heavy atom. The van der Waals surface area contributed by atoms with Crippen molar-refractivity contribution in [1.82, 2.24) is 10.2 Å². The highest BCUT2D eigenvalue weighted by molar-refractivity contribution is 8.01. The largest absolute Gasteiger partial charge is 0.330 e. The first kappa shape index (κ1) is 18.3. The summed E-state index contributed by atoms with van der Waals surface area (Å²) < 4.78 is 13.6. The van der Waals surface area contributed by atoms with E-state index in [0.29, 0.717) is 15.2 Å². The normalized spacial score (nSPS) is 10.6. The molecule has 26 heavy (non-hydrogen) atoms. The maximum atomic E-state index is 12.9. The molecule has 5 nitrogen and oxygen atoms in total. The lowest BCUT2D eigenvalue weighted by molar-refractivity contribution is -0.113. The van der Waals surface area contributed by atoms with Gasteiger partial charge in [-0.2, -0.15) is 0 Å². The molecule has 0 aliphatic heterocycles. The van der Waals surface area contributed by atoms with E-state index >= 15 is 0 Å². The van der Waals surface area contributed by atoms with E-state index < -0.39 is 0 Å². The average molecular weight is 388 g/mol. The number of amides is 1. The molecule has 1 heterocycles. The number of halogens is 1. The molecule has 0 bridgehead atoms. The highest BCUT2D eigenvalue weighted by atomic mass is 32.2. The quantitative estimate of drug-likeness (QED) is 0.596. The Kier molecular flexibility index (Phi) is 5.85. The second-order valence-electron chi connectivity index (χ2n) is 5.64. The van der Waals surface area contributed by atoms with Crippen molar-refractivity contribution in [2.75, 3.05) is 16.4 Å². The fourth-order valence-corrected chi connectivity index (χ4v) is 3.69. The molecule has 0 saturated carbocycles. The first-order chi connectivity index (χ1) is 12.5. The SMILES string of the molecule is Cc1ccc(Nc2nnc(SCC(=O)Nc3ccc(F)cc3)s2)cc1C. The van der Waals surface area contributed by atoms with Gasteiger partial charge in [-0.15, -0.1) is 10.2 Å². The molecule has 3 rings (SSSR count). The molecule has 0 fully saturated rings. The smallest absolute Gasteiger partial charge is 0.234 e. The van der Waals surface area contributed by atoms with Gasteiger partial charge in [0, 0.05) is 11.4 Å². The maximum absolute atomic E-state index is 12.9. The van der Waals surface area contributed by atoms with Gasteiger partial charge in [0.05, 0.1) is 5.75 Å². The van der Waals surface area contributed by atoms with Gasteiger partial charge in [0.25, 0.3) is 0 Å². The number of thioether (sulfide) groups is 1. The molecule has 0 atom stereocenters. The summed E-state index contributed by atoms with van der Waals surface area (Å²) in [6.07, 6.45) is 0. The summed E-state index contributed by atoms with van der Waals surface area (Å²) in [6.45, 7) is 4.12. The highest BCUT2D eigenvalue weighted by Crippen LogP contribution is 2.28. The zero-order valence-corrected chi connectivity index (χ0v) is 15.9. The summed E-state index contributed by atoms with van der Waals surface area (Å²) in [4.78, 5) is 12.0. The van der Waals surface area contributed by atoms with Crippen molar-refractivity contribution >= 4 is 45.5 Å². The number of carbonyl (C=O) groups excluding carboxylic acids is 1. The van der Waals surface area contributed by atoms with E-state index in [1.807, 2.05) is 12.1 Å². The number of rotatable bonds is 6. The fourth-order valence-electron chi connectivity index (χ4n) is 2.12.